The molecule has 4 heterocycles. The van der Waals surface area contributed by atoms with E-state index in [9.17, 15) is 19.2 Å². The maximum atomic E-state index is 13.1. The van der Waals surface area contributed by atoms with Gasteiger partial charge in [0.25, 0.3) is 0 Å². The third kappa shape index (κ3) is 5.84. The summed E-state index contributed by atoms with van der Waals surface area (Å²) in [5.74, 6) is -0.718. The number of imidazole rings is 1. The van der Waals surface area contributed by atoms with E-state index in [1.165, 1.54) is 4.57 Å². The molecule has 214 valence electrons. The van der Waals surface area contributed by atoms with Crippen LogP contribution in [0.3, 0.4) is 0 Å². The Bertz CT molecular complexity index is 1290. The van der Waals surface area contributed by atoms with E-state index < -0.39 is 17.6 Å². The molecule has 0 bridgehead atoms. The van der Waals surface area contributed by atoms with Gasteiger partial charge in [0.2, 0.25) is 11.8 Å². The quantitative estimate of drug-likeness (QED) is 0.577. The highest BCUT2D eigenvalue weighted by Gasteiger charge is 2.39. The fourth-order valence-corrected chi connectivity index (χ4v) is 6.01. The maximum absolute atomic E-state index is 13.1. The van der Waals surface area contributed by atoms with Crippen molar-refractivity contribution < 1.29 is 19.1 Å². The van der Waals surface area contributed by atoms with Crippen LogP contribution in [-0.4, -0.2) is 63.7 Å². The van der Waals surface area contributed by atoms with Crippen LogP contribution in [-0.2, 0) is 21.4 Å². The molecule has 1 aromatic carbocycles. The lowest BCUT2D eigenvalue weighted by Crippen LogP contribution is -2.49. The second-order valence-corrected chi connectivity index (χ2v) is 11.8. The molecule has 0 aliphatic carbocycles. The van der Waals surface area contributed by atoms with Gasteiger partial charge in [0.15, 0.2) is 0 Å². The zero-order valence-electron chi connectivity index (χ0n) is 24.2. The molecule has 1 unspecified atom stereocenters. The standard InChI is InChI=1S/C27H37N5O5.C2H6/c1-26(2,3)37-25(36)31-15-11-27(12-16-31)9-13-30(14-10-27)18-5-6-19-21(17-18)29(4)24(35)32(19)20-7-8-22(33)28-23(20)34;1-2/h5-6,17,20H,7-16H2,1-4H3,(H,28,33,34);1-2H3. The minimum absolute atomic E-state index is 0.219. The van der Waals surface area contributed by atoms with Crippen LogP contribution >= 0.6 is 0 Å². The predicted molar refractivity (Wildman–Crippen MR) is 151 cm³/mol. The molecule has 1 aromatic heterocycles. The average molecular weight is 542 g/mol. The Balaban J connectivity index is 0.00000172. The van der Waals surface area contributed by atoms with Gasteiger partial charge in [-0.25, -0.2) is 9.59 Å². The number of imide groups is 1. The lowest BCUT2D eigenvalue weighted by Gasteiger charge is -2.47. The number of aryl methyl sites for hydroxylation is 1. The molecule has 0 radical (unpaired) electrons. The highest BCUT2D eigenvalue weighted by molar-refractivity contribution is 6.00. The number of carbonyl (C=O) groups is 3. The van der Waals surface area contributed by atoms with Gasteiger partial charge >= 0.3 is 11.8 Å². The van der Waals surface area contributed by atoms with Crippen LogP contribution in [0.2, 0.25) is 0 Å². The molecule has 1 spiro atoms. The fourth-order valence-electron chi connectivity index (χ4n) is 6.01. The summed E-state index contributed by atoms with van der Waals surface area (Å²) in [5, 5.41) is 2.36. The van der Waals surface area contributed by atoms with Gasteiger partial charge in [0, 0.05) is 45.3 Å². The van der Waals surface area contributed by atoms with Gasteiger partial charge in [0.05, 0.1) is 11.0 Å². The molecule has 10 nitrogen and oxygen atoms in total. The Morgan fingerprint density at radius 3 is 2.18 bits per heavy atom. The number of amides is 3. The van der Waals surface area contributed by atoms with Crippen molar-refractivity contribution in [1.29, 1.82) is 0 Å². The maximum Gasteiger partial charge on any atom is 0.410 e. The highest BCUT2D eigenvalue weighted by atomic mass is 16.6. The van der Waals surface area contributed by atoms with Gasteiger partial charge < -0.3 is 14.5 Å². The first-order chi connectivity index (χ1) is 18.5. The van der Waals surface area contributed by atoms with Crippen LogP contribution in [0.1, 0.15) is 79.2 Å². The first kappa shape index (κ1) is 28.7. The zero-order valence-corrected chi connectivity index (χ0v) is 24.2. The molecule has 1 N–H and O–H groups in total. The second-order valence-electron chi connectivity index (χ2n) is 11.8. The average Bonchev–Trinajstić information content (AvgIpc) is 3.14. The lowest BCUT2D eigenvalue weighted by atomic mass is 9.71. The summed E-state index contributed by atoms with van der Waals surface area (Å²) in [6, 6.07) is 5.29. The first-order valence-electron chi connectivity index (χ1n) is 14.2. The van der Waals surface area contributed by atoms with Crippen LogP contribution < -0.4 is 15.9 Å². The van der Waals surface area contributed by atoms with Crippen molar-refractivity contribution in [3.05, 3.63) is 28.7 Å². The van der Waals surface area contributed by atoms with Gasteiger partial charge in [-0.15, -0.1) is 0 Å². The third-order valence-electron chi connectivity index (χ3n) is 8.26. The summed E-state index contributed by atoms with van der Waals surface area (Å²) in [4.78, 5) is 53.7. The molecule has 3 amide bonds. The van der Waals surface area contributed by atoms with Gasteiger partial charge in [-0.05, 0) is 76.5 Å². The van der Waals surface area contributed by atoms with Crippen molar-refractivity contribution in [2.45, 2.75) is 84.8 Å². The first-order valence-corrected chi connectivity index (χ1v) is 14.2. The molecule has 1 atom stereocenters. The molecule has 5 rings (SSSR count). The second kappa shape index (κ2) is 11.1. The van der Waals surface area contributed by atoms with Gasteiger partial charge in [0.1, 0.15) is 11.6 Å². The number of piperidine rings is 3. The van der Waals surface area contributed by atoms with E-state index in [0.29, 0.717) is 11.9 Å². The van der Waals surface area contributed by atoms with Crippen molar-refractivity contribution in [2.24, 2.45) is 12.5 Å². The minimum Gasteiger partial charge on any atom is -0.444 e. The number of hydrogen-bond donors (Lipinski definition) is 1. The van der Waals surface area contributed by atoms with Crippen LogP contribution in [0.4, 0.5) is 10.5 Å². The Labute approximate surface area is 230 Å². The monoisotopic (exact) mass is 541 g/mol. The number of hydrogen-bond acceptors (Lipinski definition) is 6. The van der Waals surface area contributed by atoms with Gasteiger partial charge in [-0.3, -0.25) is 24.0 Å². The van der Waals surface area contributed by atoms with Crippen molar-refractivity contribution in [2.75, 3.05) is 31.1 Å². The van der Waals surface area contributed by atoms with Gasteiger partial charge in [-0.2, -0.15) is 0 Å². The van der Waals surface area contributed by atoms with E-state index in [2.05, 4.69) is 10.2 Å². The lowest BCUT2D eigenvalue weighted by molar-refractivity contribution is -0.135. The molecule has 10 heteroatoms. The summed E-state index contributed by atoms with van der Waals surface area (Å²) in [7, 11) is 1.72. The molecule has 3 fully saturated rings. The van der Waals surface area contributed by atoms with E-state index in [0.717, 1.165) is 63.1 Å². The van der Waals surface area contributed by atoms with Crippen molar-refractivity contribution in [1.82, 2.24) is 19.4 Å². The smallest absolute Gasteiger partial charge is 0.410 e. The van der Waals surface area contributed by atoms with E-state index in [-0.39, 0.29) is 29.5 Å². The van der Waals surface area contributed by atoms with Crippen LogP contribution in [0.5, 0.6) is 0 Å². The Morgan fingerprint density at radius 2 is 1.59 bits per heavy atom. The third-order valence-corrected chi connectivity index (χ3v) is 8.26. The number of nitrogens with one attached hydrogen (secondary N) is 1. The number of fused-ring (bicyclic) bond motifs is 1. The summed E-state index contributed by atoms with van der Waals surface area (Å²) < 4.78 is 8.65. The summed E-state index contributed by atoms with van der Waals surface area (Å²) in [5.41, 5.74) is 2.05. The SMILES string of the molecule is CC.Cn1c(=O)n(C2CCC(=O)NC2=O)c2ccc(N3CCC4(CCN(C(=O)OC(C)(C)C)CC4)CC3)cc21. The van der Waals surface area contributed by atoms with E-state index in [1.54, 1.807) is 11.6 Å². The summed E-state index contributed by atoms with van der Waals surface area (Å²) in [6.07, 6.45) is 4.42. The largest absolute Gasteiger partial charge is 0.444 e. The number of benzene rings is 1. The normalized spacial score (nSPS) is 21.4. The molecule has 0 saturated carbocycles. The molecule has 3 aliphatic rings. The van der Waals surface area contributed by atoms with Gasteiger partial charge in [-0.1, -0.05) is 13.8 Å². The van der Waals surface area contributed by atoms with E-state index >= 15 is 0 Å². The van der Waals surface area contributed by atoms with Crippen LogP contribution in [0, 0.1) is 5.41 Å². The summed E-state index contributed by atoms with van der Waals surface area (Å²) in [6.45, 7) is 13.0. The zero-order chi connectivity index (χ0) is 28.5. The molecular formula is C29H43N5O5. The highest BCUT2D eigenvalue weighted by Crippen LogP contribution is 2.42. The molecule has 3 saturated heterocycles. The number of anilines is 1. The molecule has 2 aromatic rings. The molecule has 39 heavy (non-hydrogen) atoms. The van der Waals surface area contributed by atoms with Crippen molar-refractivity contribution in [3.63, 3.8) is 0 Å². The summed E-state index contributed by atoms with van der Waals surface area (Å²) >= 11 is 0. The number of aromatic nitrogens is 2. The number of nitrogens with zero attached hydrogens (tertiary/aromatic N) is 4. The molecule has 3 aliphatic heterocycles. The van der Waals surface area contributed by atoms with Crippen LogP contribution in [0.15, 0.2) is 23.0 Å². The van der Waals surface area contributed by atoms with Crippen molar-refractivity contribution >= 4 is 34.6 Å². The Morgan fingerprint density at radius 1 is 0.974 bits per heavy atom. The Kier molecular flexibility index (Phi) is 8.14. The van der Waals surface area contributed by atoms with E-state index in [4.69, 9.17) is 4.74 Å². The number of ether oxygens (including phenoxy) is 1. The minimum atomic E-state index is -0.679. The predicted octanol–water partition coefficient (Wildman–Crippen LogP) is 3.96. The fraction of sp³-hybridized carbons (Fsp3) is 0.655. The molecular weight excluding hydrogens is 498 g/mol. The number of carbonyl (C=O) groups excluding carboxylic acids is 3. The Hall–Kier alpha value is -3.30. The van der Waals surface area contributed by atoms with E-state index in [1.807, 2.05) is 57.7 Å². The number of rotatable bonds is 2. The topological polar surface area (TPSA) is 106 Å². The number of likely N-dealkylation sites (tertiary alicyclic amines) is 1. The van der Waals surface area contributed by atoms with Crippen LogP contribution in [0.25, 0.3) is 11.0 Å². The van der Waals surface area contributed by atoms with Crippen molar-refractivity contribution in [3.8, 4) is 0 Å².